The van der Waals surface area contributed by atoms with E-state index < -0.39 is 0 Å². The molecule has 2 heterocycles. The first-order valence-electron chi connectivity index (χ1n) is 11.3. The van der Waals surface area contributed by atoms with Gasteiger partial charge < -0.3 is 16.0 Å². The van der Waals surface area contributed by atoms with Crippen LogP contribution >= 0.6 is 0 Å². The summed E-state index contributed by atoms with van der Waals surface area (Å²) >= 11 is 0. The molecule has 2 aromatic heterocycles. The van der Waals surface area contributed by atoms with E-state index in [9.17, 15) is 0 Å². The van der Waals surface area contributed by atoms with E-state index in [2.05, 4.69) is 82.7 Å². The van der Waals surface area contributed by atoms with E-state index in [1.165, 1.54) is 16.7 Å². The molecule has 1 aromatic carbocycles. The summed E-state index contributed by atoms with van der Waals surface area (Å²) in [4.78, 5) is 7.09. The Hall–Kier alpha value is -2.86. The summed E-state index contributed by atoms with van der Waals surface area (Å²) in [6, 6.07) is 8.69. The Morgan fingerprint density at radius 2 is 1.91 bits per heavy atom. The quantitative estimate of drug-likeness (QED) is 0.512. The van der Waals surface area contributed by atoms with Crippen LogP contribution in [0.2, 0.25) is 0 Å². The molecule has 1 unspecified atom stereocenters. The van der Waals surface area contributed by atoms with Gasteiger partial charge in [0, 0.05) is 47.7 Å². The van der Waals surface area contributed by atoms with Crippen molar-refractivity contribution in [2.45, 2.75) is 66.5 Å². The molecule has 172 valence electrons. The molecule has 0 saturated carbocycles. The Balaban J connectivity index is 1.97. The zero-order valence-electron chi connectivity index (χ0n) is 20.9. The molecule has 0 aliphatic rings. The van der Waals surface area contributed by atoms with E-state index in [1.54, 1.807) is 0 Å². The van der Waals surface area contributed by atoms with Gasteiger partial charge in [0.25, 0.3) is 0 Å². The second-order valence-corrected chi connectivity index (χ2v) is 9.65. The zero-order valence-corrected chi connectivity index (χ0v) is 20.9. The van der Waals surface area contributed by atoms with Crippen LogP contribution in [0.3, 0.4) is 0 Å². The summed E-state index contributed by atoms with van der Waals surface area (Å²) in [5.41, 5.74) is 14.5. The van der Waals surface area contributed by atoms with Gasteiger partial charge >= 0.3 is 0 Å². The van der Waals surface area contributed by atoms with Gasteiger partial charge in [-0.05, 0) is 59.6 Å². The number of fused-ring (bicyclic) bond motifs is 1. The Labute approximate surface area is 192 Å². The van der Waals surface area contributed by atoms with Gasteiger partial charge in [-0.1, -0.05) is 31.2 Å². The standard InChI is InChI=1S/C26H38N6/c1-10-23(31(9)20(6)21-13-16(2)11-12-17(21)3)22-14-24-29-25(28-15-26(7,8)27)18(4)19(5)32(24)30-22/h11-14,23H,6,10,15,27H2,1-5,7-9H3,(H,28,29). The smallest absolute Gasteiger partial charge is 0.158 e. The van der Waals surface area contributed by atoms with Gasteiger partial charge in [-0.3, -0.25) is 0 Å². The lowest BCUT2D eigenvalue weighted by Gasteiger charge is -2.30. The van der Waals surface area contributed by atoms with Crippen molar-refractivity contribution in [2.24, 2.45) is 5.73 Å². The maximum absolute atomic E-state index is 6.15. The van der Waals surface area contributed by atoms with Crippen molar-refractivity contribution in [3.8, 4) is 0 Å². The number of aromatic nitrogens is 3. The van der Waals surface area contributed by atoms with E-state index in [0.717, 1.165) is 40.5 Å². The largest absolute Gasteiger partial charge is 0.368 e. The van der Waals surface area contributed by atoms with Crippen LogP contribution in [-0.4, -0.2) is 38.6 Å². The number of nitrogens with one attached hydrogen (secondary N) is 1. The molecule has 0 saturated heterocycles. The second-order valence-electron chi connectivity index (χ2n) is 9.65. The lowest BCUT2D eigenvalue weighted by molar-refractivity contribution is 0.339. The summed E-state index contributed by atoms with van der Waals surface area (Å²) in [7, 11) is 2.10. The van der Waals surface area contributed by atoms with Gasteiger partial charge in [0.05, 0.1) is 11.7 Å². The van der Waals surface area contributed by atoms with Crippen molar-refractivity contribution in [3.63, 3.8) is 0 Å². The lowest BCUT2D eigenvalue weighted by Crippen LogP contribution is -2.40. The third kappa shape index (κ3) is 4.80. The summed E-state index contributed by atoms with van der Waals surface area (Å²) in [5, 5.41) is 8.36. The first-order chi connectivity index (χ1) is 14.9. The van der Waals surface area contributed by atoms with Crippen LogP contribution in [0.25, 0.3) is 11.3 Å². The van der Waals surface area contributed by atoms with Crippen molar-refractivity contribution >= 4 is 17.2 Å². The third-order valence-electron chi connectivity index (χ3n) is 6.19. The molecule has 32 heavy (non-hydrogen) atoms. The molecule has 0 bridgehead atoms. The number of nitrogens with zero attached hydrogens (tertiary/aromatic N) is 4. The second kappa shape index (κ2) is 8.94. The molecule has 3 rings (SSSR count). The first-order valence-corrected chi connectivity index (χ1v) is 11.3. The molecule has 3 N–H and O–H groups in total. The molecule has 0 spiro atoms. The van der Waals surface area contributed by atoms with E-state index in [0.29, 0.717) is 6.54 Å². The highest BCUT2D eigenvalue weighted by molar-refractivity contribution is 5.66. The van der Waals surface area contributed by atoms with Crippen molar-refractivity contribution < 1.29 is 0 Å². The minimum absolute atomic E-state index is 0.100. The molecule has 1 atom stereocenters. The van der Waals surface area contributed by atoms with E-state index >= 15 is 0 Å². The number of rotatable bonds is 8. The van der Waals surface area contributed by atoms with Gasteiger partial charge in [-0.15, -0.1) is 0 Å². The van der Waals surface area contributed by atoms with Crippen molar-refractivity contribution in [1.29, 1.82) is 0 Å². The predicted molar refractivity (Wildman–Crippen MR) is 135 cm³/mol. The highest BCUT2D eigenvalue weighted by atomic mass is 15.3. The van der Waals surface area contributed by atoms with Gasteiger partial charge in [0.1, 0.15) is 5.82 Å². The predicted octanol–water partition coefficient (Wildman–Crippen LogP) is 5.17. The molecule has 0 amide bonds. The fraction of sp³-hybridized carbons (Fsp3) is 0.462. The van der Waals surface area contributed by atoms with Crippen LogP contribution in [0.4, 0.5) is 5.82 Å². The minimum Gasteiger partial charge on any atom is -0.368 e. The van der Waals surface area contributed by atoms with Crippen LogP contribution in [0, 0.1) is 27.7 Å². The lowest BCUT2D eigenvalue weighted by atomic mass is 10.0. The van der Waals surface area contributed by atoms with Crippen LogP contribution in [-0.2, 0) is 0 Å². The summed E-state index contributed by atoms with van der Waals surface area (Å²) in [6.07, 6.45) is 0.911. The van der Waals surface area contributed by atoms with Crippen LogP contribution in [0.1, 0.15) is 66.9 Å². The summed E-state index contributed by atoms with van der Waals surface area (Å²) in [5.74, 6) is 0.862. The van der Waals surface area contributed by atoms with Crippen LogP contribution in [0.5, 0.6) is 0 Å². The molecular weight excluding hydrogens is 396 g/mol. The average Bonchev–Trinajstić information content (AvgIpc) is 3.14. The van der Waals surface area contributed by atoms with Gasteiger partial charge in [-0.25, -0.2) is 9.50 Å². The summed E-state index contributed by atoms with van der Waals surface area (Å²) < 4.78 is 1.95. The molecule has 0 radical (unpaired) electrons. The number of hydrogen-bond donors (Lipinski definition) is 2. The van der Waals surface area contributed by atoms with E-state index in [4.69, 9.17) is 15.8 Å². The average molecular weight is 435 g/mol. The fourth-order valence-electron chi connectivity index (χ4n) is 4.00. The number of anilines is 1. The Morgan fingerprint density at radius 1 is 1.22 bits per heavy atom. The van der Waals surface area contributed by atoms with Crippen LogP contribution in [0.15, 0.2) is 30.8 Å². The van der Waals surface area contributed by atoms with Crippen LogP contribution < -0.4 is 11.1 Å². The number of nitrogens with two attached hydrogens (primary N) is 1. The molecule has 0 aliphatic heterocycles. The Kier molecular flexibility index (Phi) is 6.65. The number of aryl methyl sites for hydroxylation is 3. The maximum Gasteiger partial charge on any atom is 0.158 e. The topological polar surface area (TPSA) is 71.5 Å². The highest BCUT2D eigenvalue weighted by Gasteiger charge is 2.23. The molecule has 3 aromatic rings. The highest BCUT2D eigenvalue weighted by Crippen LogP contribution is 2.32. The fourth-order valence-corrected chi connectivity index (χ4v) is 4.00. The molecule has 6 heteroatoms. The van der Waals surface area contributed by atoms with E-state index in [-0.39, 0.29) is 11.6 Å². The summed E-state index contributed by atoms with van der Waals surface area (Å²) in [6.45, 7) is 19.7. The van der Waals surface area contributed by atoms with E-state index in [1.807, 2.05) is 18.4 Å². The Bertz CT molecular complexity index is 1140. The van der Waals surface area contributed by atoms with Crippen molar-refractivity contribution in [1.82, 2.24) is 19.5 Å². The monoisotopic (exact) mass is 434 g/mol. The number of benzene rings is 1. The first kappa shape index (κ1) is 23.8. The third-order valence-corrected chi connectivity index (χ3v) is 6.19. The Morgan fingerprint density at radius 3 is 2.53 bits per heavy atom. The number of hydrogen-bond acceptors (Lipinski definition) is 5. The minimum atomic E-state index is -0.316. The van der Waals surface area contributed by atoms with Crippen molar-refractivity contribution in [2.75, 3.05) is 18.9 Å². The van der Waals surface area contributed by atoms with Gasteiger partial charge in [-0.2, -0.15) is 5.10 Å². The SMILES string of the molecule is C=C(c1cc(C)ccc1C)N(C)C(CC)c1cc2nc(NCC(C)(C)N)c(C)c(C)n2n1. The molecular formula is C26H38N6. The van der Waals surface area contributed by atoms with Crippen molar-refractivity contribution in [3.05, 3.63) is 64.5 Å². The maximum atomic E-state index is 6.15. The molecule has 6 nitrogen and oxygen atoms in total. The van der Waals surface area contributed by atoms with Gasteiger partial charge in [0.2, 0.25) is 0 Å². The molecule has 0 fully saturated rings. The zero-order chi connectivity index (χ0) is 23.8. The normalized spacial score (nSPS) is 12.8. The van der Waals surface area contributed by atoms with Gasteiger partial charge in [0.15, 0.2) is 5.65 Å². The molecule has 0 aliphatic carbocycles.